The molecule has 3 aromatic carbocycles. The molecule has 0 fully saturated rings. The Balaban J connectivity index is 1.56. The van der Waals surface area contributed by atoms with Crippen LogP contribution in [0.1, 0.15) is 50.4 Å². The van der Waals surface area contributed by atoms with Crippen molar-refractivity contribution in [2.24, 2.45) is 4.99 Å². The number of aromatic nitrogens is 1. The minimum atomic E-state index is -0.843. The number of rotatable bonds is 10. The van der Waals surface area contributed by atoms with Crippen molar-refractivity contribution in [1.82, 2.24) is 4.57 Å². The number of nitro groups is 1. The maximum absolute atomic E-state index is 14.1. The van der Waals surface area contributed by atoms with E-state index in [4.69, 9.17) is 37.4 Å². The van der Waals surface area contributed by atoms with E-state index in [1.165, 1.54) is 16.7 Å². The Hall–Kier alpha value is -4.45. The Bertz CT molecular complexity index is 2030. The van der Waals surface area contributed by atoms with Crippen molar-refractivity contribution in [2.45, 2.75) is 46.4 Å². The molecule has 1 aliphatic rings. The van der Waals surface area contributed by atoms with Crippen LogP contribution in [0.15, 0.2) is 81.7 Å². The number of nitrogens with zero attached hydrogens (tertiary/aromatic N) is 3. The fraction of sp³-hybridized carbons (Fsp3) is 0.242. The number of benzene rings is 3. The van der Waals surface area contributed by atoms with Crippen LogP contribution in [-0.4, -0.2) is 28.2 Å². The number of thiazole rings is 1. The molecule has 0 N–H and O–H groups in total. The van der Waals surface area contributed by atoms with E-state index in [1.54, 1.807) is 50.3 Å². The number of allylic oxidation sites excluding steroid dienone is 1. The van der Waals surface area contributed by atoms with Gasteiger partial charge >= 0.3 is 5.97 Å². The molecule has 5 rings (SSSR count). The van der Waals surface area contributed by atoms with E-state index >= 15 is 0 Å². The van der Waals surface area contributed by atoms with Gasteiger partial charge in [-0.2, -0.15) is 0 Å². The van der Waals surface area contributed by atoms with E-state index in [9.17, 15) is 19.7 Å². The van der Waals surface area contributed by atoms with Crippen molar-refractivity contribution >= 4 is 52.3 Å². The number of ether oxygens (including phenoxy) is 3. The molecule has 0 unspecified atom stereocenters. The van der Waals surface area contributed by atoms with E-state index in [1.807, 2.05) is 32.0 Å². The molecule has 10 nitrogen and oxygen atoms in total. The highest BCUT2D eigenvalue weighted by Crippen LogP contribution is 2.37. The van der Waals surface area contributed by atoms with Gasteiger partial charge in [0.05, 0.1) is 43.5 Å². The molecule has 0 amide bonds. The van der Waals surface area contributed by atoms with Crippen molar-refractivity contribution in [3.63, 3.8) is 0 Å². The van der Waals surface area contributed by atoms with E-state index in [-0.39, 0.29) is 51.9 Å². The summed E-state index contributed by atoms with van der Waals surface area (Å²) in [6, 6.07) is 15.7. The zero-order chi connectivity index (χ0) is 33.1. The largest absolute Gasteiger partial charge is 0.491 e. The highest BCUT2D eigenvalue weighted by Gasteiger charge is 2.35. The Morgan fingerprint density at radius 3 is 2.52 bits per heavy atom. The average molecular weight is 683 g/mol. The number of carbonyl (C=O) groups is 1. The third-order valence-corrected chi connectivity index (χ3v) is 8.46. The summed E-state index contributed by atoms with van der Waals surface area (Å²) in [7, 11) is 0. The standard InChI is InChI=1S/C33H29Cl2N3O7S/c1-5-43-32(40)28-19(4)36-33-37(29(28)23-11-6-7-12-26(23)45-18(2)3)31(39)27(46-33)16-21-14-24(34)30(25(35)15-21)44-17-20-9-8-10-22(13-20)38(41)42/h6-16,18,29H,5,17H2,1-4H3/b27-16+/t29-/m0/s1. The number of halogens is 2. The van der Waals surface area contributed by atoms with Crippen LogP contribution in [0, 0.1) is 10.1 Å². The second-order valence-corrected chi connectivity index (χ2v) is 12.4. The van der Waals surface area contributed by atoms with Gasteiger partial charge in [-0.25, -0.2) is 9.79 Å². The molecule has 4 aromatic rings. The first-order chi connectivity index (χ1) is 22.0. The summed E-state index contributed by atoms with van der Waals surface area (Å²) >= 11 is 14.3. The zero-order valence-electron chi connectivity index (χ0n) is 25.3. The second kappa shape index (κ2) is 13.9. The summed E-state index contributed by atoms with van der Waals surface area (Å²) < 4.78 is 19.1. The summed E-state index contributed by atoms with van der Waals surface area (Å²) in [5.74, 6) is 0.166. The first-order valence-electron chi connectivity index (χ1n) is 14.3. The van der Waals surface area contributed by atoms with Gasteiger partial charge in [-0.15, -0.1) is 0 Å². The number of hydrogen-bond acceptors (Lipinski definition) is 9. The lowest BCUT2D eigenvalue weighted by molar-refractivity contribution is -0.384. The molecule has 0 saturated carbocycles. The topological polar surface area (TPSA) is 122 Å². The molecule has 0 radical (unpaired) electrons. The number of hydrogen-bond donors (Lipinski definition) is 0. The number of esters is 1. The van der Waals surface area contributed by atoms with Crippen LogP contribution in [-0.2, 0) is 16.1 Å². The Kier molecular flexibility index (Phi) is 9.95. The minimum absolute atomic E-state index is 0.00319. The van der Waals surface area contributed by atoms with Gasteiger partial charge in [0.1, 0.15) is 18.4 Å². The monoisotopic (exact) mass is 681 g/mol. The van der Waals surface area contributed by atoms with E-state index in [2.05, 4.69) is 4.99 Å². The lowest BCUT2D eigenvalue weighted by atomic mass is 9.95. The van der Waals surface area contributed by atoms with Gasteiger partial charge < -0.3 is 14.2 Å². The van der Waals surface area contributed by atoms with Gasteiger partial charge in [0.15, 0.2) is 10.6 Å². The molecule has 2 heterocycles. The summed E-state index contributed by atoms with van der Waals surface area (Å²) in [5.41, 5.74) is 1.98. The van der Waals surface area contributed by atoms with E-state index in [0.29, 0.717) is 37.5 Å². The quantitative estimate of drug-likeness (QED) is 0.108. The van der Waals surface area contributed by atoms with Crippen LogP contribution in [0.2, 0.25) is 10.0 Å². The molecule has 0 aliphatic carbocycles. The maximum atomic E-state index is 14.1. The van der Waals surface area contributed by atoms with Crippen molar-refractivity contribution in [3.8, 4) is 11.5 Å². The molecule has 238 valence electrons. The lowest BCUT2D eigenvalue weighted by Crippen LogP contribution is -2.40. The second-order valence-electron chi connectivity index (χ2n) is 10.5. The molecule has 1 aliphatic heterocycles. The predicted molar refractivity (Wildman–Crippen MR) is 176 cm³/mol. The zero-order valence-corrected chi connectivity index (χ0v) is 27.6. The fourth-order valence-corrected chi connectivity index (χ4v) is 6.68. The third kappa shape index (κ3) is 6.86. The Labute approximate surface area is 277 Å². The molecule has 0 bridgehead atoms. The lowest BCUT2D eigenvalue weighted by Gasteiger charge is -2.26. The molecular weight excluding hydrogens is 653 g/mol. The van der Waals surface area contributed by atoms with Crippen LogP contribution in [0.25, 0.3) is 6.08 Å². The summed E-state index contributed by atoms with van der Waals surface area (Å²) in [6.45, 7) is 7.39. The van der Waals surface area contributed by atoms with Gasteiger partial charge in [0.2, 0.25) is 0 Å². The first-order valence-corrected chi connectivity index (χ1v) is 15.9. The Morgan fingerprint density at radius 1 is 1.13 bits per heavy atom. The van der Waals surface area contributed by atoms with E-state index < -0.39 is 16.9 Å². The highest BCUT2D eigenvalue weighted by atomic mass is 35.5. The molecule has 46 heavy (non-hydrogen) atoms. The van der Waals surface area contributed by atoms with Gasteiger partial charge in [-0.05, 0) is 63.1 Å². The van der Waals surface area contributed by atoms with Crippen LogP contribution in [0.5, 0.6) is 11.5 Å². The van der Waals surface area contributed by atoms with Crippen molar-refractivity contribution in [2.75, 3.05) is 6.61 Å². The van der Waals surface area contributed by atoms with Crippen LogP contribution in [0.3, 0.4) is 0 Å². The molecule has 1 atom stereocenters. The first kappa shape index (κ1) is 32.9. The van der Waals surface area contributed by atoms with Crippen molar-refractivity contribution in [1.29, 1.82) is 0 Å². The SMILES string of the molecule is CCOC(=O)C1=C(C)N=c2s/c(=C/c3cc(Cl)c(OCc4cccc([N+](=O)[O-])c4)c(Cl)c3)c(=O)n2[C@H]1c1ccccc1OC(C)C. The van der Waals surface area contributed by atoms with Gasteiger partial charge in [-0.3, -0.25) is 19.5 Å². The Morgan fingerprint density at radius 2 is 1.85 bits per heavy atom. The molecule has 0 spiro atoms. The van der Waals surface area contributed by atoms with Crippen LogP contribution < -0.4 is 24.4 Å². The van der Waals surface area contributed by atoms with Crippen LogP contribution in [0.4, 0.5) is 5.69 Å². The molecule has 0 saturated heterocycles. The normalized spacial score (nSPS) is 14.6. The minimum Gasteiger partial charge on any atom is -0.491 e. The third-order valence-electron chi connectivity index (χ3n) is 6.92. The maximum Gasteiger partial charge on any atom is 0.338 e. The summed E-state index contributed by atoms with van der Waals surface area (Å²) in [4.78, 5) is 43.0. The van der Waals surface area contributed by atoms with Gasteiger partial charge in [0.25, 0.3) is 11.2 Å². The van der Waals surface area contributed by atoms with Gasteiger partial charge in [-0.1, -0.05) is 64.9 Å². The molecule has 1 aromatic heterocycles. The molecular formula is C33H29Cl2N3O7S. The highest BCUT2D eigenvalue weighted by molar-refractivity contribution is 7.07. The van der Waals surface area contributed by atoms with Crippen LogP contribution >= 0.6 is 34.5 Å². The van der Waals surface area contributed by atoms with E-state index in [0.717, 1.165) is 11.3 Å². The number of nitro benzene ring substituents is 1. The number of para-hydroxylation sites is 1. The summed E-state index contributed by atoms with van der Waals surface area (Å²) in [5, 5.41) is 11.5. The molecule has 13 heteroatoms. The average Bonchev–Trinajstić information content (AvgIpc) is 3.30. The van der Waals surface area contributed by atoms with Crippen molar-refractivity contribution in [3.05, 3.63) is 128 Å². The number of fused-ring (bicyclic) bond motifs is 1. The number of non-ortho nitro benzene ring substituents is 1. The predicted octanol–water partition coefficient (Wildman–Crippen LogP) is 6.38. The summed E-state index contributed by atoms with van der Waals surface area (Å²) in [6.07, 6.45) is 1.49. The van der Waals surface area contributed by atoms with Gasteiger partial charge in [0, 0.05) is 17.7 Å². The fourth-order valence-electron chi connectivity index (χ4n) is 5.02. The number of carbonyl (C=O) groups excluding carboxylic acids is 1. The smallest absolute Gasteiger partial charge is 0.338 e. The van der Waals surface area contributed by atoms with Crippen molar-refractivity contribution < 1.29 is 23.9 Å².